The van der Waals surface area contributed by atoms with Crippen molar-refractivity contribution in [2.75, 3.05) is 13.1 Å². The SMILES string of the molecule is Cc1cccc(-n2c(-c3ccc(Cl)cc3)nn(C[NH+]3CCC[C@H](O)C3)c2=S)c1. The number of benzene rings is 2. The number of aromatic nitrogens is 3. The van der Waals surface area contributed by atoms with Gasteiger partial charge < -0.3 is 10.0 Å². The number of hydrogen-bond donors (Lipinski definition) is 2. The quantitative estimate of drug-likeness (QED) is 0.644. The van der Waals surface area contributed by atoms with E-state index in [4.69, 9.17) is 28.9 Å². The number of nitrogens with one attached hydrogen (secondary N) is 1. The maximum Gasteiger partial charge on any atom is 0.207 e. The average Bonchev–Trinajstić information content (AvgIpc) is 2.99. The molecule has 0 aliphatic carbocycles. The number of likely N-dealkylation sites (tertiary alicyclic amines) is 1. The molecule has 146 valence electrons. The van der Waals surface area contributed by atoms with Crippen molar-refractivity contribution in [1.29, 1.82) is 0 Å². The summed E-state index contributed by atoms with van der Waals surface area (Å²) in [6, 6.07) is 15.9. The fourth-order valence-electron chi connectivity index (χ4n) is 3.78. The van der Waals surface area contributed by atoms with Crippen LogP contribution in [0.1, 0.15) is 18.4 Å². The van der Waals surface area contributed by atoms with Crippen molar-refractivity contribution < 1.29 is 10.0 Å². The summed E-state index contributed by atoms with van der Waals surface area (Å²) in [6.45, 7) is 4.47. The molecule has 5 nitrogen and oxygen atoms in total. The lowest BCUT2D eigenvalue weighted by atomic mass is 10.1. The minimum atomic E-state index is -0.243. The highest BCUT2D eigenvalue weighted by molar-refractivity contribution is 7.71. The molecule has 28 heavy (non-hydrogen) atoms. The first-order chi connectivity index (χ1) is 13.5. The van der Waals surface area contributed by atoms with E-state index < -0.39 is 0 Å². The Balaban J connectivity index is 1.79. The van der Waals surface area contributed by atoms with E-state index in [0.717, 1.165) is 43.0 Å². The third kappa shape index (κ3) is 4.05. The molecule has 0 saturated carbocycles. The molecular weight excluding hydrogens is 392 g/mol. The zero-order chi connectivity index (χ0) is 19.7. The fourth-order valence-corrected chi connectivity index (χ4v) is 4.20. The zero-order valence-electron chi connectivity index (χ0n) is 15.8. The maximum absolute atomic E-state index is 10.0. The second-order valence-electron chi connectivity index (χ2n) is 7.45. The number of piperidine rings is 1. The summed E-state index contributed by atoms with van der Waals surface area (Å²) in [6.07, 6.45) is 1.65. The van der Waals surface area contributed by atoms with Gasteiger partial charge in [0.25, 0.3) is 0 Å². The summed E-state index contributed by atoms with van der Waals surface area (Å²) in [7, 11) is 0. The van der Waals surface area contributed by atoms with Gasteiger partial charge in [-0.05, 0) is 73.9 Å². The first kappa shape index (κ1) is 19.3. The van der Waals surface area contributed by atoms with Crippen LogP contribution in [0.2, 0.25) is 5.02 Å². The number of quaternary nitrogens is 1. The summed E-state index contributed by atoms with van der Waals surface area (Å²) in [5.74, 6) is 0.796. The normalized spacial score (nSPS) is 19.7. The van der Waals surface area contributed by atoms with E-state index in [-0.39, 0.29) is 6.10 Å². The van der Waals surface area contributed by atoms with Gasteiger partial charge in [0.15, 0.2) is 12.5 Å². The Morgan fingerprint density at radius 1 is 1.25 bits per heavy atom. The van der Waals surface area contributed by atoms with Gasteiger partial charge in [-0.15, -0.1) is 5.10 Å². The number of hydrogen-bond acceptors (Lipinski definition) is 3. The molecule has 0 amide bonds. The van der Waals surface area contributed by atoms with Crippen molar-refractivity contribution in [2.45, 2.75) is 32.5 Å². The van der Waals surface area contributed by atoms with Gasteiger partial charge in [-0.2, -0.15) is 4.68 Å². The Morgan fingerprint density at radius 2 is 2.04 bits per heavy atom. The van der Waals surface area contributed by atoms with Crippen LogP contribution < -0.4 is 4.90 Å². The van der Waals surface area contributed by atoms with Crippen LogP contribution in [0.5, 0.6) is 0 Å². The van der Waals surface area contributed by atoms with E-state index in [9.17, 15) is 5.11 Å². The number of rotatable bonds is 4. The van der Waals surface area contributed by atoms with Crippen molar-refractivity contribution >= 4 is 23.8 Å². The van der Waals surface area contributed by atoms with Crippen LogP contribution in [0, 0.1) is 11.7 Å². The van der Waals surface area contributed by atoms with Crippen LogP contribution in [0.3, 0.4) is 0 Å². The predicted molar refractivity (Wildman–Crippen MR) is 114 cm³/mol. The first-order valence-electron chi connectivity index (χ1n) is 9.56. The van der Waals surface area contributed by atoms with Crippen LogP contribution in [0.25, 0.3) is 17.1 Å². The first-order valence-corrected chi connectivity index (χ1v) is 10.3. The fraction of sp³-hybridized carbons (Fsp3) is 0.333. The molecule has 2 heterocycles. The number of aliphatic hydroxyl groups is 1. The van der Waals surface area contributed by atoms with Gasteiger partial charge in [0, 0.05) is 10.6 Å². The third-order valence-corrected chi connectivity index (χ3v) is 5.81. The Hall–Kier alpha value is -1.99. The van der Waals surface area contributed by atoms with Crippen molar-refractivity contribution in [3.8, 4) is 17.1 Å². The Labute approximate surface area is 174 Å². The minimum absolute atomic E-state index is 0.243. The van der Waals surface area contributed by atoms with E-state index >= 15 is 0 Å². The molecule has 1 fully saturated rings. The summed E-state index contributed by atoms with van der Waals surface area (Å²) in [4.78, 5) is 1.30. The molecule has 0 spiro atoms. The number of aliphatic hydroxyl groups excluding tert-OH is 1. The van der Waals surface area contributed by atoms with Crippen molar-refractivity contribution in [1.82, 2.24) is 14.3 Å². The van der Waals surface area contributed by atoms with Crippen molar-refractivity contribution in [3.05, 3.63) is 63.9 Å². The molecule has 0 bridgehead atoms. The highest BCUT2D eigenvalue weighted by Gasteiger charge is 2.23. The predicted octanol–water partition coefficient (Wildman–Crippen LogP) is 3.03. The standard InChI is InChI=1S/C21H23ClN4OS/c1-15-4-2-5-18(12-15)26-20(16-7-9-17(22)10-8-16)23-25(21(26)28)14-24-11-3-6-19(27)13-24/h2,4-5,7-10,12,19,27H,3,6,11,13-14H2,1H3/p+1/t19-/m0/s1. The molecule has 1 aliphatic rings. The molecule has 1 unspecified atom stereocenters. The second-order valence-corrected chi connectivity index (χ2v) is 8.25. The second kappa shape index (κ2) is 8.17. The minimum Gasteiger partial charge on any atom is -0.387 e. The largest absolute Gasteiger partial charge is 0.387 e. The van der Waals surface area contributed by atoms with Gasteiger partial charge in [0.2, 0.25) is 4.77 Å². The number of nitrogens with zero attached hydrogens (tertiary/aromatic N) is 3. The molecule has 2 atom stereocenters. The maximum atomic E-state index is 10.0. The van der Waals surface area contributed by atoms with Crippen molar-refractivity contribution in [3.63, 3.8) is 0 Å². The van der Waals surface area contributed by atoms with Gasteiger partial charge in [-0.25, -0.2) is 0 Å². The topological polar surface area (TPSA) is 47.4 Å². The van der Waals surface area contributed by atoms with E-state index in [0.29, 0.717) is 16.5 Å². The molecule has 1 aliphatic heterocycles. The lowest BCUT2D eigenvalue weighted by molar-refractivity contribution is -0.931. The lowest BCUT2D eigenvalue weighted by Gasteiger charge is -2.26. The van der Waals surface area contributed by atoms with E-state index in [1.54, 1.807) is 0 Å². The molecule has 2 aromatic carbocycles. The summed E-state index contributed by atoms with van der Waals surface area (Å²) in [5.41, 5.74) is 3.12. The summed E-state index contributed by atoms with van der Waals surface area (Å²) < 4.78 is 4.56. The van der Waals surface area contributed by atoms with E-state index in [1.807, 2.05) is 45.6 Å². The van der Waals surface area contributed by atoms with Gasteiger partial charge in [0.05, 0.1) is 12.2 Å². The van der Waals surface area contributed by atoms with Gasteiger partial charge in [0.1, 0.15) is 12.6 Å². The van der Waals surface area contributed by atoms with Crippen LogP contribution in [0.4, 0.5) is 0 Å². The van der Waals surface area contributed by atoms with Gasteiger partial charge in [-0.3, -0.25) is 4.57 Å². The molecule has 0 radical (unpaired) electrons. The smallest absolute Gasteiger partial charge is 0.207 e. The van der Waals surface area contributed by atoms with Crippen LogP contribution in [0.15, 0.2) is 48.5 Å². The van der Waals surface area contributed by atoms with Crippen LogP contribution in [-0.2, 0) is 6.67 Å². The van der Waals surface area contributed by atoms with Crippen LogP contribution in [-0.4, -0.2) is 38.6 Å². The summed E-state index contributed by atoms with van der Waals surface area (Å²) >= 11 is 11.9. The molecular formula is C21H24ClN4OS+. The Kier molecular flexibility index (Phi) is 5.64. The average molecular weight is 416 g/mol. The number of halogens is 1. The van der Waals surface area contributed by atoms with Gasteiger partial charge >= 0.3 is 0 Å². The third-order valence-electron chi connectivity index (χ3n) is 5.17. The lowest BCUT2D eigenvalue weighted by Crippen LogP contribution is -3.13. The van der Waals surface area contributed by atoms with Crippen LogP contribution >= 0.6 is 23.8 Å². The summed E-state index contributed by atoms with van der Waals surface area (Å²) in [5, 5.41) is 15.6. The number of aryl methyl sites for hydroxylation is 1. The molecule has 2 N–H and O–H groups in total. The zero-order valence-corrected chi connectivity index (χ0v) is 17.4. The highest BCUT2D eigenvalue weighted by atomic mass is 35.5. The van der Waals surface area contributed by atoms with Gasteiger partial charge in [-0.1, -0.05) is 23.7 Å². The molecule has 4 rings (SSSR count). The Bertz CT molecular complexity index is 1030. The molecule has 1 aromatic heterocycles. The highest BCUT2D eigenvalue weighted by Crippen LogP contribution is 2.24. The van der Waals surface area contributed by atoms with E-state index in [2.05, 4.69) is 19.1 Å². The molecule has 7 heteroatoms. The van der Waals surface area contributed by atoms with Crippen molar-refractivity contribution in [2.24, 2.45) is 0 Å². The molecule has 1 saturated heterocycles. The van der Waals surface area contributed by atoms with E-state index in [1.165, 1.54) is 10.5 Å². The monoisotopic (exact) mass is 415 g/mol. The molecule has 3 aromatic rings. The Morgan fingerprint density at radius 3 is 2.75 bits per heavy atom.